The third-order valence-corrected chi connectivity index (χ3v) is 4.18. The molecule has 112 valence electrons. The molecular formula is C13H11F3N2O2S. The van der Waals surface area contributed by atoms with Crippen molar-refractivity contribution in [2.75, 3.05) is 10.5 Å². The Labute approximate surface area is 119 Å². The molecule has 8 heteroatoms. The minimum atomic E-state index is -4.44. The molecular weight excluding hydrogens is 305 g/mol. The van der Waals surface area contributed by atoms with Gasteiger partial charge < -0.3 is 5.73 Å². The number of nitrogen functional groups attached to an aromatic ring is 1. The van der Waals surface area contributed by atoms with Crippen LogP contribution in [-0.4, -0.2) is 8.42 Å². The van der Waals surface area contributed by atoms with E-state index in [1.54, 1.807) is 0 Å². The van der Waals surface area contributed by atoms with Crippen LogP contribution in [0.2, 0.25) is 0 Å². The Hall–Kier alpha value is -2.22. The third kappa shape index (κ3) is 2.94. The molecule has 0 aliphatic carbocycles. The van der Waals surface area contributed by atoms with Crippen LogP contribution in [-0.2, 0) is 10.0 Å². The molecule has 0 aromatic heterocycles. The van der Waals surface area contributed by atoms with Gasteiger partial charge in [-0.1, -0.05) is 6.07 Å². The van der Waals surface area contributed by atoms with Gasteiger partial charge in [0.2, 0.25) is 0 Å². The summed E-state index contributed by atoms with van der Waals surface area (Å²) in [5, 5.41) is 0. The maximum absolute atomic E-state index is 13.6. The van der Waals surface area contributed by atoms with Crippen LogP contribution in [0.15, 0.2) is 35.2 Å². The lowest BCUT2D eigenvalue weighted by Crippen LogP contribution is -2.16. The van der Waals surface area contributed by atoms with Gasteiger partial charge in [-0.05, 0) is 31.2 Å². The largest absolute Gasteiger partial charge is 0.399 e. The first-order valence-corrected chi connectivity index (χ1v) is 7.23. The average molecular weight is 316 g/mol. The monoisotopic (exact) mass is 316 g/mol. The van der Waals surface area contributed by atoms with Crippen LogP contribution in [0, 0.1) is 24.4 Å². The van der Waals surface area contributed by atoms with Gasteiger partial charge in [0, 0.05) is 11.3 Å². The number of rotatable bonds is 3. The molecule has 0 aliphatic heterocycles. The van der Waals surface area contributed by atoms with Crippen molar-refractivity contribution in [1.82, 2.24) is 0 Å². The van der Waals surface area contributed by atoms with Crippen molar-refractivity contribution in [1.29, 1.82) is 0 Å². The lowest BCUT2D eigenvalue weighted by molar-refractivity contribution is 0.486. The molecule has 0 atom stereocenters. The second-order valence-corrected chi connectivity index (χ2v) is 5.98. The molecule has 0 saturated heterocycles. The summed E-state index contributed by atoms with van der Waals surface area (Å²) in [6.07, 6.45) is 0. The van der Waals surface area contributed by atoms with E-state index in [2.05, 4.69) is 0 Å². The van der Waals surface area contributed by atoms with E-state index in [1.165, 1.54) is 19.1 Å². The average Bonchev–Trinajstić information content (AvgIpc) is 2.39. The van der Waals surface area contributed by atoms with E-state index < -0.39 is 32.4 Å². The molecule has 0 fully saturated rings. The smallest absolute Gasteiger partial charge is 0.265 e. The van der Waals surface area contributed by atoms with Gasteiger partial charge >= 0.3 is 0 Å². The number of anilines is 2. The minimum absolute atomic E-state index is 0.0332. The SMILES string of the molecule is Cc1c(F)cccc1NS(=O)(=O)c1cc(N)cc(F)c1F. The Morgan fingerprint density at radius 1 is 1.10 bits per heavy atom. The molecule has 0 bridgehead atoms. The van der Waals surface area contributed by atoms with E-state index >= 15 is 0 Å². The summed E-state index contributed by atoms with van der Waals surface area (Å²) in [5.41, 5.74) is 5.03. The molecule has 0 heterocycles. The highest BCUT2D eigenvalue weighted by Gasteiger charge is 2.23. The van der Waals surface area contributed by atoms with E-state index in [4.69, 9.17) is 5.73 Å². The van der Waals surface area contributed by atoms with Crippen molar-refractivity contribution in [2.24, 2.45) is 0 Å². The number of hydrogen-bond donors (Lipinski definition) is 2. The maximum atomic E-state index is 13.6. The summed E-state index contributed by atoms with van der Waals surface area (Å²) < 4.78 is 66.5. The number of hydrogen-bond acceptors (Lipinski definition) is 3. The third-order valence-electron chi connectivity index (χ3n) is 2.82. The predicted octanol–water partition coefficient (Wildman–Crippen LogP) is 2.80. The first kappa shape index (κ1) is 15.2. The summed E-state index contributed by atoms with van der Waals surface area (Å²) in [6.45, 7) is 1.35. The summed E-state index contributed by atoms with van der Waals surface area (Å²) in [5.74, 6) is -3.56. The molecule has 2 aromatic rings. The van der Waals surface area contributed by atoms with E-state index in [0.717, 1.165) is 12.1 Å². The number of sulfonamides is 1. The topological polar surface area (TPSA) is 72.2 Å². The van der Waals surface area contributed by atoms with Crippen molar-refractivity contribution >= 4 is 21.4 Å². The first-order chi connectivity index (χ1) is 9.72. The molecule has 0 amide bonds. The molecule has 4 nitrogen and oxygen atoms in total. The fourth-order valence-corrected chi connectivity index (χ4v) is 2.94. The van der Waals surface area contributed by atoms with Crippen LogP contribution >= 0.6 is 0 Å². The van der Waals surface area contributed by atoms with E-state index in [-0.39, 0.29) is 16.9 Å². The maximum Gasteiger partial charge on any atom is 0.265 e. The van der Waals surface area contributed by atoms with Gasteiger partial charge in [-0.15, -0.1) is 0 Å². The molecule has 0 spiro atoms. The van der Waals surface area contributed by atoms with E-state index in [1.807, 2.05) is 4.72 Å². The Balaban J connectivity index is 2.51. The summed E-state index contributed by atoms with van der Waals surface area (Å²) in [6, 6.07) is 5.19. The van der Waals surface area contributed by atoms with Crippen molar-refractivity contribution in [3.05, 3.63) is 53.3 Å². The van der Waals surface area contributed by atoms with Crippen LogP contribution in [0.1, 0.15) is 5.56 Å². The predicted molar refractivity (Wildman–Crippen MR) is 72.7 cm³/mol. The Kier molecular flexibility index (Phi) is 3.82. The number of nitrogens with two attached hydrogens (primary N) is 1. The Morgan fingerprint density at radius 2 is 1.76 bits per heavy atom. The highest BCUT2D eigenvalue weighted by atomic mass is 32.2. The van der Waals surface area contributed by atoms with Crippen LogP contribution in [0.3, 0.4) is 0 Å². The zero-order valence-electron chi connectivity index (χ0n) is 10.8. The quantitative estimate of drug-likeness (QED) is 0.855. The molecule has 0 radical (unpaired) electrons. The fourth-order valence-electron chi connectivity index (χ4n) is 1.70. The van der Waals surface area contributed by atoms with Crippen LogP contribution in [0.25, 0.3) is 0 Å². The number of nitrogens with one attached hydrogen (secondary N) is 1. The second-order valence-electron chi connectivity index (χ2n) is 4.33. The van der Waals surface area contributed by atoms with E-state index in [9.17, 15) is 21.6 Å². The molecule has 0 aliphatic rings. The van der Waals surface area contributed by atoms with Gasteiger partial charge in [-0.3, -0.25) is 4.72 Å². The zero-order valence-corrected chi connectivity index (χ0v) is 11.6. The first-order valence-electron chi connectivity index (χ1n) is 5.75. The second kappa shape index (κ2) is 5.28. The highest BCUT2D eigenvalue weighted by molar-refractivity contribution is 7.92. The molecule has 2 rings (SSSR count). The number of halogens is 3. The summed E-state index contributed by atoms with van der Waals surface area (Å²) in [4.78, 5) is -0.941. The van der Waals surface area contributed by atoms with Crippen LogP contribution in [0.4, 0.5) is 24.5 Å². The van der Waals surface area contributed by atoms with Gasteiger partial charge in [0.15, 0.2) is 11.6 Å². The Bertz CT molecular complexity index is 807. The highest BCUT2D eigenvalue weighted by Crippen LogP contribution is 2.25. The van der Waals surface area contributed by atoms with Crippen molar-refractivity contribution < 1.29 is 21.6 Å². The molecule has 0 saturated carbocycles. The van der Waals surface area contributed by atoms with Gasteiger partial charge in [0.05, 0.1) is 5.69 Å². The molecule has 0 unspecified atom stereocenters. The van der Waals surface area contributed by atoms with Crippen molar-refractivity contribution in [3.8, 4) is 0 Å². The van der Waals surface area contributed by atoms with Crippen molar-refractivity contribution in [3.63, 3.8) is 0 Å². The summed E-state index contributed by atoms with van der Waals surface area (Å²) >= 11 is 0. The normalized spacial score (nSPS) is 11.4. The minimum Gasteiger partial charge on any atom is -0.399 e. The van der Waals surface area contributed by atoms with Crippen LogP contribution in [0.5, 0.6) is 0 Å². The van der Waals surface area contributed by atoms with E-state index in [0.29, 0.717) is 6.07 Å². The lowest BCUT2D eigenvalue weighted by Gasteiger charge is -2.12. The molecule has 3 N–H and O–H groups in total. The standard InChI is InChI=1S/C13H11F3N2O2S/c1-7-9(14)3-2-4-11(7)18-21(19,20)12-6-8(17)5-10(15)13(12)16/h2-6,18H,17H2,1H3. The lowest BCUT2D eigenvalue weighted by atomic mass is 10.2. The molecule has 2 aromatic carbocycles. The summed E-state index contributed by atoms with van der Waals surface area (Å²) in [7, 11) is -4.44. The van der Waals surface area contributed by atoms with Gasteiger partial charge in [-0.2, -0.15) is 0 Å². The van der Waals surface area contributed by atoms with Gasteiger partial charge in [0.1, 0.15) is 10.7 Å². The van der Waals surface area contributed by atoms with Crippen LogP contribution < -0.4 is 10.5 Å². The molecule has 21 heavy (non-hydrogen) atoms. The zero-order chi connectivity index (χ0) is 15.8. The van der Waals surface area contributed by atoms with Crippen molar-refractivity contribution in [2.45, 2.75) is 11.8 Å². The van der Waals surface area contributed by atoms with Gasteiger partial charge in [0.25, 0.3) is 10.0 Å². The number of benzene rings is 2. The van der Waals surface area contributed by atoms with Gasteiger partial charge in [-0.25, -0.2) is 21.6 Å². The Morgan fingerprint density at radius 3 is 2.43 bits per heavy atom. The fraction of sp³-hybridized carbons (Fsp3) is 0.0769.